The van der Waals surface area contributed by atoms with Crippen LogP contribution in [0.5, 0.6) is 0 Å². The summed E-state index contributed by atoms with van der Waals surface area (Å²) in [6.45, 7) is 5.46. The molecule has 2 N–H and O–H groups in total. The number of hydrogen-bond acceptors (Lipinski definition) is 3. The molecule has 3 heteroatoms. The van der Waals surface area contributed by atoms with Crippen LogP contribution >= 0.6 is 0 Å². The molecule has 0 aliphatic carbocycles. The van der Waals surface area contributed by atoms with Crippen LogP contribution in [0.1, 0.15) is 25.8 Å². The van der Waals surface area contributed by atoms with E-state index in [2.05, 4.69) is 31.9 Å². The van der Waals surface area contributed by atoms with Crippen molar-refractivity contribution in [1.82, 2.24) is 0 Å². The SMILES string of the molecule is CCC(C)CN(C)c1ccc(N)c(CC#N)c1. The van der Waals surface area contributed by atoms with E-state index in [1.165, 1.54) is 6.42 Å². The van der Waals surface area contributed by atoms with Gasteiger partial charge in [-0.05, 0) is 29.7 Å². The van der Waals surface area contributed by atoms with Crippen molar-refractivity contribution in [2.24, 2.45) is 5.92 Å². The van der Waals surface area contributed by atoms with Gasteiger partial charge < -0.3 is 10.6 Å². The maximum absolute atomic E-state index is 8.74. The van der Waals surface area contributed by atoms with Crippen molar-refractivity contribution in [2.75, 3.05) is 24.2 Å². The predicted octanol–water partition coefficient (Wildman–Crippen LogP) is 2.82. The minimum absolute atomic E-state index is 0.372. The second kappa shape index (κ2) is 6.15. The number of nitrogens with two attached hydrogens (primary N) is 1. The Morgan fingerprint density at radius 2 is 2.18 bits per heavy atom. The molecular formula is C14H21N3. The fraction of sp³-hybridized carbons (Fsp3) is 0.500. The quantitative estimate of drug-likeness (QED) is 0.793. The fourth-order valence-corrected chi connectivity index (χ4v) is 1.77. The summed E-state index contributed by atoms with van der Waals surface area (Å²) in [6, 6.07) is 8.06. The maximum Gasteiger partial charge on any atom is 0.0670 e. The average Bonchev–Trinajstić information content (AvgIpc) is 2.32. The van der Waals surface area contributed by atoms with Gasteiger partial charge in [0.05, 0.1) is 12.5 Å². The van der Waals surface area contributed by atoms with Crippen LogP contribution in [0.4, 0.5) is 11.4 Å². The van der Waals surface area contributed by atoms with Crippen molar-refractivity contribution in [2.45, 2.75) is 26.7 Å². The number of anilines is 2. The molecule has 1 aromatic rings. The molecule has 0 amide bonds. The number of hydrogen-bond donors (Lipinski definition) is 1. The van der Waals surface area contributed by atoms with E-state index in [1.807, 2.05) is 18.2 Å². The van der Waals surface area contributed by atoms with E-state index in [1.54, 1.807) is 0 Å². The number of nitrogens with zero attached hydrogens (tertiary/aromatic N) is 2. The van der Waals surface area contributed by atoms with Crippen LogP contribution in [0, 0.1) is 17.2 Å². The lowest BCUT2D eigenvalue weighted by atomic mass is 10.1. The van der Waals surface area contributed by atoms with Gasteiger partial charge in [-0.15, -0.1) is 0 Å². The summed E-state index contributed by atoms with van der Waals surface area (Å²) in [7, 11) is 2.08. The van der Waals surface area contributed by atoms with Crippen molar-refractivity contribution < 1.29 is 0 Å². The van der Waals surface area contributed by atoms with Gasteiger partial charge >= 0.3 is 0 Å². The normalized spacial score (nSPS) is 11.9. The molecule has 1 unspecified atom stereocenters. The Bertz CT molecular complexity index is 406. The maximum atomic E-state index is 8.74. The van der Waals surface area contributed by atoms with Crippen LogP contribution < -0.4 is 10.6 Å². The highest BCUT2D eigenvalue weighted by atomic mass is 15.1. The molecule has 1 aromatic carbocycles. The Morgan fingerprint density at radius 1 is 1.47 bits per heavy atom. The molecule has 0 radical (unpaired) electrons. The molecule has 1 atom stereocenters. The first-order valence-electron chi connectivity index (χ1n) is 6.05. The van der Waals surface area contributed by atoms with Gasteiger partial charge in [-0.3, -0.25) is 0 Å². The summed E-state index contributed by atoms with van der Waals surface area (Å²) in [5.74, 6) is 0.664. The molecule has 17 heavy (non-hydrogen) atoms. The van der Waals surface area contributed by atoms with E-state index < -0.39 is 0 Å². The first-order valence-corrected chi connectivity index (χ1v) is 6.05. The van der Waals surface area contributed by atoms with Crippen LogP contribution in [0.25, 0.3) is 0 Å². The van der Waals surface area contributed by atoms with Crippen LogP contribution in [-0.4, -0.2) is 13.6 Å². The van der Waals surface area contributed by atoms with Crippen LogP contribution in [-0.2, 0) is 6.42 Å². The van der Waals surface area contributed by atoms with E-state index in [0.717, 1.165) is 17.8 Å². The molecule has 0 spiro atoms. The number of nitriles is 1. The van der Waals surface area contributed by atoms with Crippen LogP contribution in [0.3, 0.4) is 0 Å². The van der Waals surface area contributed by atoms with Gasteiger partial charge in [0, 0.05) is 25.0 Å². The van der Waals surface area contributed by atoms with Crippen LogP contribution in [0.2, 0.25) is 0 Å². The van der Waals surface area contributed by atoms with Gasteiger partial charge in [0.25, 0.3) is 0 Å². The third kappa shape index (κ3) is 3.67. The zero-order valence-corrected chi connectivity index (χ0v) is 10.9. The summed E-state index contributed by atoms with van der Waals surface area (Å²) < 4.78 is 0. The lowest BCUT2D eigenvalue weighted by Gasteiger charge is -2.23. The Morgan fingerprint density at radius 3 is 2.76 bits per heavy atom. The first kappa shape index (κ1) is 13.4. The molecule has 1 rings (SSSR count). The molecule has 0 aliphatic rings. The highest BCUT2D eigenvalue weighted by Gasteiger charge is 2.07. The van der Waals surface area contributed by atoms with E-state index in [-0.39, 0.29) is 0 Å². The predicted molar refractivity (Wildman–Crippen MR) is 72.9 cm³/mol. The number of benzene rings is 1. The van der Waals surface area contributed by atoms with E-state index in [0.29, 0.717) is 18.0 Å². The Kier molecular flexibility index (Phi) is 4.84. The highest BCUT2D eigenvalue weighted by Crippen LogP contribution is 2.21. The molecule has 0 fully saturated rings. The fourth-order valence-electron chi connectivity index (χ4n) is 1.77. The largest absolute Gasteiger partial charge is 0.398 e. The third-order valence-electron chi connectivity index (χ3n) is 3.12. The Labute approximate surface area is 104 Å². The molecule has 0 heterocycles. The summed E-state index contributed by atoms with van der Waals surface area (Å²) in [5.41, 5.74) is 8.58. The van der Waals surface area contributed by atoms with Gasteiger partial charge in [-0.1, -0.05) is 20.3 Å². The Hall–Kier alpha value is -1.69. The van der Waals surface area contributed by atoms with Gasteiger partial charge in [0.2, 0.25) is 0 Å². The standard InChI is InChI=1S/C14H21N3/c1-4-11(2)10-17(3)13-5-6-14(16)12(9-13)7-8-15/h5-6,9,11H,4,7,10,16H2,1-3H3. The molecule has 0 aliphatic heterocycles. The van der Waals surface area contributed by atoms with Gasteiger partial charge in [-0.2, -0.15) is 5.26 Å². The minimum Gasteiger partial charge on any atom is -0.398 e. The molecule has 0 bridgehead atoms. The second-order valence-electron chi connectivity index (χ2n) is 4.61. The van der Waals surface area contributed by atoms with E-state index in [4.69, 9.17) is 11.0 Å². The van der Waals surface area contributed by atoms with Crippen molar-refractivity contribution in [1.29, 1.82) is 5.26 Å². The monoisotopic (exact) mass is 231 g/mol. The Balaban J connectivity index is 2.84. The van der Waals surface area contributed by atoms with Crippen molar-refractivity contribution in [3.63, 3.8) is 0 Å². The molecule has 0 saturated heterocycles. The van der Waals surface area contributed by atoms with E-state index in [9.17, 15) is 0 Å². The van der Waals surface area contributed by atoms with Gasteiger partial charge in [0.15, 0.2) is 0 Å². The van der Waals surface area contributed by atoms with Crippen molar-refractivity contribution in [3.8, 4) is 6.07 Å². The smallest absolute Gasteiger partial charge is 0.0670 e. The number of nitrogen functional groups attached to an aromatic ring is 1. The lowest BCUT2D eigenvalue weighted by Crippen LogP contribution is -2.23. The summed E-state index contributed by atoms with van der Waals surface area (Å²) in [4.78, 5) is 2.22. The van der Waals surface area contributed by atoms with Gasteiger partial charge in [0.1, 0.15) is 0 Å². The van der Waals surface area contributed by atoms with Crippen molar-refractivity contribution >= 4 is 11.4 Å². The topological polar surface area (TPSA) is 53.0 Å². The molecule has 92 valence electrons. The van der Waals surface area contributed by atoms with Crippen LogP contribution in [0.15, 0.2) is 18.2 Å². The molecule has 3 nitrogen and oxygen atoms in total. The second-order valence-corrected chi connectivity index (χ2v) is 4.61. The van der Waals surface area contributed by atoms with E-state index >= 15 is 0 Å². The molecular weight excluding hydrogens is 210 g/mol. The zero-order chi connectivity index (χ0) is 12.8. The average molecular weight is 231 g/mol. The first-order chi connectivity index (χ1) is 8.08. The van der Waals surface area contributed by atoms with Crippen molar-refractivity contribution in [3.05, 3.63) is 23.8 Å². The highest BCUT2D eigenvalue weighted by molar-refractivity contribution is 5.58. The summed E-state index contributed by atoms with van der Waals surface area (Å²) >= 11 is 0. The third-order valence-corrected chi connectivity index (χ3v) is 3.12. The summed E-state index contributed by atoms with van der Waals surface area (Å²) in [5, 5.41) is 8.74. The molecule has 0 aromatic heterocycles. The number of rotatable bonds is 5. The molecule has 0 saturated carbocycles. The zero-order valence-electron chi connectivity index (χ0n) is 10.9. The minimum atomic E-state index is 0.372. The van der Waals surface area contributed by atoms with Gasteiger partial charge in [-0.25, -0.2) is 0 Å². The lowest BCUT2D eigenvalue weighted by molar-refractivity contribution is 0.560. The summed E-state index contributed by atoms with van der Waals surface area (Å²) in [6.07, 6.45) is 1.54.